The van der Waals surface area contributed by atoms with Crippen molar-refractivity contribution in [3.8, 4) is 0 Å². The molecule has 0 aliphatic rings. The first-order valence-corrected chi connectivity index (χ1v) is 7.77. The van der Waals surface area contributed by atoms with Crippen LogP contribution in [0.4, 0.5) is 15.8 Å². The van der Waals surface area contributed by atoms with Gasteiger partial charge >= 0.3 is 0 Å². The van der Waals surface area contributed by atoms with E-state index >= 15 is 0 Å². The number of benzene rings is 1. The quantitative estimate of drug-likeness (QED) is 0.821. The fraction of sp³-hybridized carbons (Fsp3) is 0.500. The lowest BCUT2D eigenvalue weighted by Crippen LogP contribution is -2.35. The first-order valence-electron chi connectivity index (χ1n) is 6.49. The number of hydrogen-bond donors (Lipinski definition) is 2. The van der Waals surface area contributed by atoms with Gasteiger partial charge in [0.25, 0.3) is 0 Å². The van der Waals surface area contributed by atoms with E-state index < -0.39 is 21.9 Å². The number of carbonyl (C=O) groups excluding carboxylic acids is 1. The van der Waals surface area contributed by atoms with Crippen LogP contribution in [-0.4, -0.2) is 20.6 Å². The van der Waals surface area contributed by atoms with Gasteiger partial charge < -0.3 is 11.1 Å². The summed E-state index contributed by atoms with van der Waals surface area (Å²) in [7, 11) is -1.27. The van der Waals surface area contributed by atoms with Crippen molar-refractivity contribution in [3.05, 3.63) is 24.0 Å². The number of halogens is 1. The van der Waals surface area contributed by atoms with Crippen molar-refractivity contribution in [1.29, 1.82) is 0 Å². The molecule has 1 amide bonds. The molecule has 3 atom stereocenters. The molecule has 1 aromatic rings. The molecule has 6 heteroatoms. The zero-order valence-corrected chi connectivity index (χ0v) is 13.0. The fourth-order valence-electron chi connectivity index (χ4n) is 1.56. The second kappa shape index (κ2) is 6.83. The van der Waals surface area contributed by atoms with Crippen LogP contribution < -0.4 is 11.1 Å². The van der Waals surface area contributed by atoms with Crippen molar-refractivity contribution in [2.24, 2.45) is 5.92 Å². The van der Waals surface area contributed by atoms with Crippen LogP contribution in [0.3, 0.4) is 0 Å². The molecule has 112 valence electrons. The molecule has 4 nitrogen and oxygen atoms in total. The number of carbonyl (C=O) groups is 1. The number of anilines is 2. The molecule has 0 heterocycles. The highest BCUT2D eigenvalue weighted by Crippen LogP contribution is 2.18. The highest BCUT2D eigenvalue weighted by molar-refractivity contribution is 7.87. The molecule has 0 spiro atoms. The lowest BCUT2D eigenvalue weighted by atomic mass is 10.2. The van der Waals surface area contributed by atoms with Gasteiger partial charge in [-0.1, -0.05) is 20.8 Å². The van der Waals surface area contributed by atoms with Gasteiger partial charge in [-0.15, -0.1) is 0 Å². The van der Waals surface area contributed by atoms with E-state index in [1.54, 1.807) is 6.92 Å². The molecule has 1 rings (SSSR count). The molecule has 0 aromatic heterocycles. The van der Waals surface area contributed by atoms with E-state index in [0.29, 0.717) is 5.69 Å². The summed E-state index contributed by atoms with van der Waals surface area (Å²) in [4.78, 5) is 12.0. The van der Waals surface area contributed by atoms with Crippen LogP contribution in [0.2, 0.25) is 0 Å². The molecule has 0 fully saturated rings. The smallest absolute Gasteiger partial charge is 0.239 e. The Labute approximate surface area is 121 Å². The molecule has 0 saturated carbocycles. The van der Waals surface area contributed by atoms with Crippen molar-refractivity contribution in [3.63, 3.8) is 0 Å². The van der Waals surface area contributed by atoms with Gasteiger partial charge in [-0.25, -0.2) is 4.39 Å². The maximum Gasteiger partial charge on any atom is 0.239 e. The molecule has 0 aliphatic heterocycles. The van der Waals surface area contributed by atoms with Gasteiger partial charge in [-0.2, -0.15) is 0 Å². The first kappa shape index (κ1) is 16.6. The molecule has 0 bridgehead atoms. The Bertz CT molecular complexity index is 520. The summed E-state index contributed by atoms with van der Waals surface area (Å²) < 4.78 is 25.2. The predicted molar refractivity (Wildman–Crippen MR) is 81.3 cm³/mol. The van der Waals surface area contributed by atoms with Crippen molar-refractivity contribution in [1.82, 2.24) is 0 Å². The highest BCUT2D eigenvalue weighted by Gasteiger charge is 2.26. The molecule has 0 aliphatic carbocycles. The Morgan fingerprint density at radius 3 is 2.40 bits per heavy atom. The van der Waals surface area contributed by atoms with Crippen molar-refractivity contribution in [2.75, 3.05) is 11.1 Å². The standard InChI is InChI=1S/C14H21FN2O2S/c1-8(2)9(3)20(19)10(4)14(18)17-11-5-6-12(15)13(16)7-11/h5-10H,16H2,1-4H3,(H,17,18). The van der Waals surface area contributed by atoms with Gasteiger partial charge in [-0.05, 0) is 31.0 Å². The fourth-order valence-corrected chi connectivity index (χ4v) is 3.01. The minimum absolute atomic E-state index is 0.0351. The highest BCUT2D eigenvalue weighted by atomic mass is 32.2. The van der Waals surface area contributed by atoms with Crippen LogP contribution in [0, 0.1) is 11.7 Å². The van der Waals surface area contributed by atoms with Crippen LogP contribution >= 0.6 is 0 Å². The van der Waals surface area contributed by atoms with Gasteiger partial charge in [0, 0.05) is 21.7 Å². The number of nitrogens with one attached hydrogen (secondary N) is 1. The molecular formula is C14H21FN2O2S. The third kappa shape index (κ3) is 4.03. The van der Waals surface area contributed by atoms with E-state index in [0.717, 1.165) is 0 Å². The zero-order chi connectivity index (χ0) is 15.4. The summed E-state index contributed by atoms with van der Waals surface area (Å²) in [6.45, 7) is 7.42. The van der Waals surface area contributed by atoms with Crippen LogP contribution in [0.1, 0.15) is 27.7 Å². The van der Waals surface area contributed by atoms with Crippen LogP contribution in [-0.2, 0) is 15.6 Å². The van der Waals surface area contributed by atoms with E-state index in [1.807, 2.05) is 20.8 Å². The molecule has 1 aromatic carbocycles. The van der Waals surface area contributed by atoms with Crippen LogP contribution in [0.5, 0.6) is 0 Å². The van der Waals surface area contributed by atoms with E-state index in [1.165, 1.54) is 18.2 Å². The Morgan fingerprint density at radius 2 is 1.90 bits per heavy atom. The summed E-state index contributed by atoms with van der Waals surface area (Å²) in [5, 5.41) is 1.89. The normalized spacial score (nSPS) is 15.7. The van der Waals surface area contributed by atoms with Gasteiger partial charge in [0.05, 0.1) is 5.69 Å². The van der Waals surface area contributed by atoms with Crippen molar-refractivity contribution >= 4 is 28.1 Å². The van der Waals surface area contributed by atoms with E-state index in [-0.39, 0.29) is 22.8 Å². The summed E-state index contributed by atoms with van der Waals surface area (Å²) >= 11 is 0. The van der Waals surface area contributed by atoms with Crippen LogP contribution in [0.25, 0.3) is 0 Å². The zero-order valence-electron chi connectivity index (χ0n) is 12.1. The van der Waals surface area contributed by atoms with Gasteiger partial charge in [0.15, 0.2) is 0 Å². The van der Waals surface area contributed by atoms with E-state index in [2.05, 4.69) is 5.32 Å². The summed E-state index contributed by atoms with van der Waals surface area (Å²) in [6, 6.07) is 3.95. The average Bonchev–Trinajstić information content (AvgIpc) is 2.40. The minimum Gasteiger partial charge on any atom is -0.396 e. The molecule has 3 N–H and O–H groups in total. The Hall–Kier alpha value is -1.43. The van der Waals surface area contributed by atoms with E-state index in [4.69, 9.17) is 5.73 Å². The number of rotatable bonds is 5. The topological polar surface area (TPSA) is 72.2 Å². The first-order chi connectivity index (χ1) is 9.23. The third-order valence-electron chi connectivity index (χ3n) is 3.29. The SMILES string of the molecule is CC(C)C(C)S(=O)C(C)C(=O)Nc1ccc(F)c(N)c1. The Balaban J connectivity index is 2.75. The van der Waals surface area contributed by atoms with Crippen molar-refractivity contribution < 1.29 is 13.4 Å². The number of nitrogen functional groups attached to an aromatic ring is 1. The lowest BCUT2D eigenvalue weighted by Gasteiger charge is -2.20. The summed E-state index contributed by atoms with van der Waals surface area (Å²) in [6.07, 6.45) is 0. The maximum atomic E-state index is 13.0. The van der Waals surface area contributed by atoms with Gasteiger partial charge in [-0.3, -0.25) is 9.00 Å². The number of amides is 1. The van der Waals surface area contributed by atoms with E-state index in [9.17, 15) is 13.4 Å². The number of nitrogens with two attached hydrogens (primary N) is 1. The monoisotopic (exact) mass is 300 g/mol. The van der Waals surface area contributed by atoms with Crippen molar-refractivity contribution in [2.45, 2.75) is 38.2 Å². The van der Waals surface area contributed by atoms with Crippen LogP contribution in [0.15, 0.2) is 18.2 Å². The Kier molecular flexibility index (Phi) is 5.68. The molecule has 20 heavy (non-hydrogen) atoms. The summed E-state index contributed by atoms with van der Waals surface area (Å²) in [5.41, 5.74) is 5.80. The second-order valence-electron chi connectivity index (χ2n) is 5.15. The summed E-state index contributed by atoms with van der Waals surface area (Å²) in [5.74, 6) is -0.664. The van der Waals surface area contributed by atoms with Gasteiger partial charge in [0.1, 0.15) is 11.1 Å². The Morgan fingerprint density at radius 1 is 1.30 bits per heavy atom. The predicted octanol–water partition coefficient (Wildman–Crippen LogP) is 2.53. The molecule has 0 radical (unpaired) electrons. The molecular weight excluding hydrogens is 279 g/mol. The average molecular weight is 300 g/mol. The second-order valence-corrected chi connectivity index (χ2v) is 7.25. The maximum absolute atomic E-state index is 13.0. The van der Waals surface area contributed by atoms with Gasteiger partial charge in [0.2, 0.25) is 5.91 Å². The lowest BCUT2D eigenvalue weighted by molar-refractivity contribution is -0.115. The number of hydrogen-bond acceptors (Lipinski definition) is 3. The largest absolute Gasteiger partial charge is 0.396 e. The minimum atomic E-state index is -1.27. The third-order valence-corrected chi connectivity index (χ3v) is 5.47. The molecule has 3 unspecified atom stereocenters. The molecule has 0 saturated heterocycles.